The summed E-state index contributed by atoms with van der Waals surface area (Å²) in [5.41, 5.74) is 2.46. The Balaban J connectivity index is 1.48. The van der Waals surface area contributed by atoms with Gasteiger partial charge in [-0.2, -0.15) is 0 Å². The second-order valence-corrected chi connectivity index (χ2v) is 10.6. The summed E-state index contributed by atoms with van der Waals surface area (Å²) < 4.78 is 33.1. The number of hydrogen-bond donors (Lipinski definition) is 1. The highest BCUT2D eigenvalue weighted by Gasteiger charge is 2.27. The fraction of sp³-hybridized carbons (Fsp3) is 0.269. The van der Waals surface area contributed by atoms with E-state index in [1.165, 1.54) is 37.8 Å². The highest BCUT2D eigenvalue weighted by atomic mass is 35.5. The number of anilines is 2. The van der Waals surface area contributed by atoms with Crippen molar-refractivity contribution in [2.24, 2.45) is 0 Å². The van der Waals surface area contributed by atoms with Gasteiger partial charge in [0.15, 0.2) is 0 Å². The molecule has 184 valence electrons. The number of ether oxygens (including phenoxy) is 1. The molecule has 0 atom stereocenters. The number of carbonyl (C=O) groups is 1. The standard InChI is InChI=1S/C26H28ClN3O4S/c1-34-24-12-14-25(15-13-24)35(32,33)30(23-10-6-21(27)7-11-23)19-26(31)28-18-20-4-8-22(9-5-20)29-16-2-3-17-29/h4-15H,2-3,16-19H2,1H3,(H,28,31). The van der Waals surface area contributed by atoms with E-state index in [1.54, 1.807) is 36.4 Å². The zero-order chi connectivity index (χ0) is 24.8. The van der Waals surface area contributed by atoms with Crippen molar-refractivity contribution in [3.63, 3.8) is 0 Å². The normalized spacial score (nSPS) is 13.5. The van der Waals surface area contributed by atoms with E-state index >= 15 is 0 Å². The molecule has 0 aliphatic carbocycles. The number of benzene rings is 3. The van der Waals surface area contributed by atoms with Gasteiger partial charge in [0, 0.05) is 30.3 Å². The monoisotopic (exact) mass is 513 g/mol. The van der Waals surface area contributed by atoms with E-state index in [-0.39, 0.29) is 11.4 Å². The molecule has 3 aromatic carbocycles. The number of sulfonamides is 1. The predicted octanol–water partition coefficient (Wildman–Crippen LogP) is 4.46. The van der Waals surface area contributed by atoms with Crippen LogP contribution in [0.3, 0.4) is 0 Å². The van der Waals surface area contributed by atoms with E-state index in [0.29, 0.717) is 23.0 Å². The summed E-state index contributed by atoms with van der Waals surface area (Å²) >= 11 is 5.99. The molecule has 35 heavy (non-hydrogen) atoms. The van der Waals surface area contributed by atoms with Crippen molar-refractivity contribution in [3.05, 3.63) is 83.4 Å². The minimum atomic E-state index is -4.02. The van der Waals surface area contributed by atoms with Gasteiger partial charge < -0.3 is 15.0 Å². The summed E-state index contributed by atoms with van der Waals surface area (Å²) in [5.74, 6) is 0.121. The van der Waals surface area contributed by atoms with Gasteiger partial charge in [-0.05, 0) is 79.1 Å². The zero-order valence-corrected chi connectivity index (χ0v) is 21.1. The molecular formula is C26H28ClN3O4S. The number of amides is 1. The molecule has 3 aromatic rings. The van der Waals surface area contributed by atoms with Crippen LogP contribution in [0.25, 0.3) is 0 Å². The van der Waals surface area contributed by atoms with Crippen molar-refractivity contribution in [1.82, 2.24) is 5.32 Å². The molecule has 1 aliphatic rings. The average Bonchev–Trinajstić information content (AvgIpc) is 3.42. The van der Waals surface area contributed by atoms with Crippen LogP contribution >= 0.6 is 11.6 Å². The fourth-order valence-electron chi connectivity index (χ4n) is 3.98. The molecule has 0 saturated carbocycles. The molecule has 1 saturated heterocycles. The molecule has 1 heterocycles. The molecular weight excluding hydrogens is 486 g/mol. The Hall–Kier alpha value is -3.23. The summed E-state index contributed by atoms with van der Waals surface area (Å²) in [6, 6.07) is 20.5. The van der Waals surface area contributed by atoms with Gasteiger partial charge in [-0.15, -0.1) is 0 Å². The topological polar surface area (TPSA) is 79.0 Å². The summed E-state index contributed by atoms with van der Waals surface area (Å²) in [5, 5.41) is 3.31. The van der Waals surface area contributed by atoms with Crippen LogP contribution in [-0.4, -0.2) is 41.1 Å². The van der Waals surface area contributed by atoms with E-state index in [0.717, 1.165) is 23.0 Å². The van der Waals surface area contributed by atoms with Crippen LogP contribution in [0.4, 0.5) is 11.4 Å². The molecule has 7 nitrogen and oxygen atoms in total. The highest BCUT2D eigenvalue weighted by Crippen LogP contribution is 2.26. The Morgan fingerprint density at radius 1 is 0.971 bits per heavy atom. The van der Waals surface area contributed by atoms with Crippen LogP contribution in [0.5, 0.6) is 5.75 Å². The first-order valence-electron chi connectivity index (χ1n) is 11.4. The van der Waals surface area contributed by atoms with Crippen LogP contribution in [0.15, 0.2) is 77.7 Å². The summed E-state index contributed by atoms with van der Waals surface area (Å²) in [6.07, 6.45) is 2.42. The number of rotatable bonds is 9. The molecule has 1 N–H and O–H groups in total. The maximum absolute atomic E-state index is 13.5. The van der Waals surface area contributed by atoms with Gasteiger partial charge in [-0.25, -0.2) is 8.42 Å². The number of carbonyl (C=O) groups excluding carboxylic acids is 1. The number of halogens is 1. The quantitative estimate of drug-likeness (QED) is 0.457. The number of nitrogens with one attached hydrogen (secondary N) is 1. The Morgan fingerprint density at radius 2 is 1.60 bits per heavy atom. The molecule has 0 bridgehead atoms. The lowest BCUT2D eigenvalue weighted by Gasteiger charge is -2.24. The SMILES string of the molecule is COc1ccc(S(=O)(=O)N(CC(=O)NCc2ccc(N3CCCC3)cc2)c2ccc(Cl)cc2)cc1. The molecule has 0 spiro atoms. The van der Waals surface area contributed by atoms with Gasteiger partial charge in [-0.3, -0.25) is 9.10 Å². The molecule has 1 fully saturated rings. The lowest BCUT2D eigenvalue weighted by molar-refractivity contribution is -0.119. The van der Waals surface area contributed by atoms with Crippen LogP contribution in [-0.2, 0) is 21.4 Å². The van der Waals surface area contributed by atoms with Crippen molar-refractivity contribution in [2.45, 2.75) is 24.3 Å². The minimum Gasteiger partial charge on any atom is -0.497 e. The second-order valence-electron chi connectivity index (χ2n) is 8.30. The minimum absolute atomic E-state index is 0.0542. The van der Waals surface area contributed by atoms with Gasteiger partial charge in [0.1, 0.15) is 12.3 Å². The highest BCUT2D eigenvalue weighted by molar-refractivity contribution is 7.92. The van der Waals surface area contributed by atoms with Gasteiger partial charge in [0.05, 0.1) is 17.7 Å². The lowest BCUT2D eigenvalue weighted by atomic mass is 10.2. The van der Waals surface area contributed by atoms with Gasteiger partial charge in [0.25, 0.3) is 10.0 Å². The Kier molecular flexibility index (Phi) is 7.83. The third-order valence-electron chi connectivity index (χ3n) is 5.95. The maximum atomic E-state index is 13.5. The smallest absolute Gasteiger partial charge is 0.264 e. The first-order valence-corrected chi connectivity index (χ1v) is 13.2. The van der Waals surface area contributed by atoms with Crippen LogP contribution in [0.1, 0.15) is 18.4 Å². The predicted molar refractivity (Wildman–Crippen MR) is 139 cm³/mol. The van der Waals surface area contributed by atoms with Gasteiger partial charge in [0.2, 0.25) is 5.91 Å². The molecule has 0 aromatic heterocycles. The summed E-state index contributed by atoms with van der Waals surface area (Å²) in [6.45, 7) is 2.07. The van der Waals surface area contributed by atoms with Crippen molar-refractivity contribution in [3.8, 4) is 5.75 Å². The van der Waals surface area contributed by atoms with E-state index < -0.39 is 15.9 Å². The Bertz CT molecular complexity index is 1240. The fourth-order valence-corrected chi connectivity index (χ4v) is 5.53. The second kappa shape index (κ2) is 11.0. The molecule has 1 amide bonds. The van der Waals surface area contributed by atoms with E-state index in [4.69, 9.17) is 16.3 Å². The lowest BCUT2D eigenvalue weighted by Crippen LogP contribution is -2.40. The van der Waals surface area contributed by atoms with E-state index in [9.17, 15) is 13.2 Å². The van der Waals surface area contributed by atoms with Crippen molar-refractivity contribution in [1.29, 1.82) is 0 Å². The number of hydrogen-bond acceptors (Lipinski definition) is 5. The molecule has 0 unspecified atom stereocenters. The molecule has 4 rings (SSSR count). The van der Waals surface area contributed by atoms with Crippen molar-refractivity contribution in [2.75, 3.05) is 35.9 Å². The van der Waals surface area contributed by atoms with Crippen LogP contribution in [0, 0.1) is 0 Å². The average molecular weight is 514 g/mol. The van der Waals surface area contributed by atoms with Gasteiger partial charge in [-0.1, -0.05) is 23.7 Å². The van der Waals surface area contributed by atoms with Gasteiger partial charge >= 0.3 is 0 Å². The maximum Gasteiger partial charge on any atom is 0.264 e. The van der Waals surface area contributed by atoms with Crippen LogP contribution in [0.2, 0.25) is 5.02 Å². The summed E-state index contributed by atoms with van der Waals surface area (Å²) in [4.78, 5) is 15.2. The zero-order valence-electron chi connectivity index (χ0n) is 19.5. The largest absolute Gasteiger partial charge is 0.497 e. The Morgan fingerprint density at radius 3 is 2.20 bits per heavy atom. The number of nitrogens with zero attached hydrogens (tertiary/aromatic N) is 2. The first-order chi connectivity index (χ1) is 16.9. The molecule has 9 heteroatoms. The van der Waals surface area contributed by atoms with Crippen molar-refractivity contribution >= 4 is 38.9 Å². The van der Waals surface area contributed by atoms with E-state index in [1.807, 2.05) is 12.1 Å². The third kappa shape index (κ3) is 6.07. The van der Waals surface area contributed by atoms with Crippen molar-refractivity contribution < 1.29 is 17.9 Å². The van der Waals surface area contributed by atoms with Crippen LogP contribution < -0.4 is 19.3 Å². The Labute approximate surface area is 211 Å². The third-order valence-corrected chi connectivity index (χ3v) is 7.99. The van der Waals surface area contributed by atoms with E-state index in [2.05, 4.69) is 22.3 Å². The molecule has 0 radical (unpaired) electrons. The summed E-state index contributed by atoms with van der Waals surface area (Å²) in [7, 11) is -2.51. The molecule has 1 aliphatic heterocycles. The first kappa shape index (κ1) is 24.9. The number of methoxy groups -OCH3 is 1.